The molecule has 2 amide bonds. The number of aromatic nitrogens is 1. The normalized spacial score (nSPS) is 17.9. The van der Waals surface area contributed by atoms with Crippen molar-refractivity contribution in [2.24, 2.45) is 0 Å². The van der Waals surface area contributed by atoms with Crippen molar-refractivity contribution in [3.05, 3.63) is 83.6 Å². The van der Waals surface area contributed by atoms with Gasteiger partial charge in [0.25, 0.3) is 0 Å². The van der Waals surface area contributed by atoms with Crippen LogP contribution in [0.15, 0.2) is 60.7 Å². The third kappa shape index (κ3) is 6.01. The van der Waals surface area contributed by atoms with E-state index in [1.54, 1.807) is 13.2 Å². The molecule has 2 atom stereocenters. The third-order valence-corrected chi connectivity index (χ3v) is 6.31. The summed E-state index contributed by atoms with van der Waals surface area (Å²) in [5, 5.41) is 6.00. The van der Waals surface area contributed by atoms with Gasteiger partial charge >= 0.3 is 6.03 Å². The van der Waals surface area contributed by atoms with Gasteiger partial charge in [-0.2, -0.15) is 0 Å². The van der Waals surface area contributed by atoms with Gasteiger partial charge in [-0.05, 0) is 36.2 Å². The van der Waals surface area contributed by atoms with Crippen LogP contribution in [0.25, 0.3) is 11.3 Å². The van der Waals surface area contributed by atoms with Crippen LogP contribution in [0, 0.1) is 11.6 Å². The predicted molar refractivity (Wildman–Crippen MR) is 132 cm³/mol. The number of halogens is 2. The monoisotopic (exact) mass is 480 g/mol. The molecule has 4 rings (SSSR count). The number of aryl methyl sites for hydroxylation is 1. The second-order valence-corrected chi connectivity index (χ2v) is 8.66. The number of likely N-dealkylation sites (tertiary alicyclic amines) is 1. The molecule has 184 valence electrons. The Balaban J connectivity index is 1.54. The molecular formula is C27H30F2N4O2. The first kappa shape index (κ1) is 24.8. The Kier molecular flexibility index (Phi) is 8.05. The molecule has 1 aliphatic rings. The first-order valence-corrected chi connectivity index (χ1v) is 11.8. The van der Waals surface area contributed by atoms with Gasteiger partial charge in [0.05, 0.1) is 24.0 Å². The Bertz CT molecular complexity index is 1160. The van der Waals surface area contributed by atoms with Crippen molar-refractivity contribution in [2.75, 3.05) is 38.7 Å². The molecule has 1 aromatic heterocycles. The summed E-state index contributed by atoms with van der Waals surface area (Å²) in [5.74, 6) is -1.97. The summed E-state index contributed by atoms with van der Waals surface area (Å²) in [7, 11) is 1.63. The first-order valence-electron chi connectivity index (χ1n) is 11.8. The number of rotatable bonds is 8. The van der Waals surface area contributed by atoms with Gasteiger partial charge in [0.1, 0.15) is 0 Å². The van der Waals surface area contributed by atoms with E-state index in [2.05, 4.69) is 15.5 Å². The lowest BCUT2D eigenvalue weighted by Crippen LogP contribution is -2.42. The molecule has 0 bridgehead atoms. The van der Waals surface area contributed by atoms with Gasteiger partial charge in [0, 0.05) is 43.9 Å². The van der Waals surface area contributed by atoms with E-state index in [0.717, 1.165) is 23.7 Å². The lowest BCUT2D eigenvalue weighted by molar-refractivity contribution is 0.159. The maximum absolute atomic E-state index is 14.0. The van der Waals surface area contributed by atoms with Gasteiger partial charge in [0.15, 0.2) is 11.6 Å². The Labute approximate surface area is 204 Å². The van der Waals surface area contributed by atoms with Crippen LogP contribution in [-0.4, -0.2) is 55.3 Å². The summed E-state index contributed by atoms with van der Waals surface area (Å²) in [6.45, 7) is 4.42. The highest BCUT2D eigenvalue weighted by Crippen LogP contribution is 2.30. The number of hydrogen-bond donors (Lipinski definition) is 2. The SMILES string of the molecule is CCc1ccc(NC(=O)N[C@@H]2CN(CCOC)C[C@H]2c2ccc(F)c(F)c2)c(-c2ccccc2)n1. The molecular weight excluding hydrogens is 450 g/mol. The van der Waals surface area contributed by atoms with E-state index >= 15 is 0 Å². The zero-order valence-corrected chi connectivity index (χ0v) is 19.9. The Morgan fingerprint density at radius 1 is 1.09 bits per heavy atom. The van der Waals surface area contributed by atoms with Crippen LogP contribution in [0.5, 0.6) is 0 Å². The quantitative estimate of drug-likeness (QED) is 0.485. The average Bonchev–Trinajstić information content (AvgIpc) is 3.27. The summed E-state index contributed by atoms with van der Waals surface area (Å²) in [6.07, 6.45) is 0.779. The fourth-order valence-corrected chi connectivity index (χ4v) is 4.46. The molecule has 1 saturated heterocycles. The number of nitrogens with zero attached hydrogens (tertiary/aromatic N) is 2. The molecule has 6 nitrogen and oxygen atoms in total. The molecule has 0 aliphatic carbocycles. The highest BCUT2D eigenvalue weighted by molar-refractivity contribution is 5.93. The maximum Gasteiger partial charge on any atom is 0.319 e. The minimum atomic E-state index is -0.893. The molecule has 2 heterocycles. The lowest BCUT2D eigenvalue weighted by atomic mass is 9.94. The number of ether oxygens (including phenoxy) is 1. The number of urea groups is 1. The third-order valence-electron chi connectivity index (χ3n) is 6.31. The number of pyridine rings is 1. The molecule has 2 N–H and O–H groups in total. The lowest BCUT2D eigenvalue weighted by Gasteiger charge is -2.21. The maximum atomic E-state index is 14.0. The molecule has 1 fully saturated rings. The van der Waals surface area contributed by atoms with Crippen LogP contribution in [-0.2, 0) is 11.2 Å². The van der Waals surface area contributed by atoms with E-state index in [0.29, 0.717) is 43.2 Å². The van der Waals surface area contributed by atoms with Gasteiger partial charge in [-0.15, -0.1) is 0 Å². The fourth-order valence-electron chi connectivity index (χ4n) is 4.46. The number of anilines is 1. The summed E-state index contributed by atoms with van der Waals surface area (Å²) >= 11 is 0. The number of amides is 2. The van der Waals surface area contributed by atoms with E-state index < -0.39 is 11.6 Å². The van der Waals surface area contributed by atoms with Crippen LogP contribution < -0.4 is 10.6 Å². The topological polar surface area (TPSA) is 66.5 Å². The Morgan fingerprint density at radius 3 is 2.60 bits per heavy atom. The minimum absolute atomic E-state index is 0.193. The fraction of sp³-hybridized carbons (Fsp3) is 0.333. The van der Waals surface area contributed by atoms with Crippen LogP contribution in [0.3, 0.4) is 0 Å². The Morgan fingerprint density at radius 2 is 1.89 bits per heavy atom. The number of benzene rings is 2. The second-order valence-electron chi connectivity index (χ2n) is 8.66. The standard InChI is InChI=1S/C27H30F2N4O2/c1-3-20-10-12-24(26(30-20)18-7-5-4-6-8-18)31-27(34)32-25-17-33(13-14-35-2)16-21(25)19-9-11-22(28)23(29)15-19/h4-12,15,21,25H,3,13-14,16-17H2,1-2H3,(H2,31,32,34)/t21-,25+/m0/s1. The van der Waals surface area contributed by atoms with E-state index in [9.17, 15) is 13.6 Å². The molecule has 0 spiro atoms. The molecule has 0 unspecified atom stereocenters. The van der Waals surface area contributed by atoms with Crippen molar-refractivity contribution >= 4 is 11.7 Å². The zero-order chi connectivity index (χ0) is 24.8. The molecule has 1 aliphatic heterocycles. The van der Waals surface area contributed by atoms with Crippen molar-refractivity contribution in [2.45, 2.75) is 25.3 Å². The number of nitrogens with one attached hydrogen (secondary N) is 2. The average molecular weight is 481 g/mol. The van der Waals surface area contributed by atoms with Gasteiger partial charge in [-0.3, -0.25) is 9.88 Å². The number of carbonyl (C=O) groups is 1. The number of hydrogen-bond acceptors (Lipinski definition) is 4. The van der Waals surface area contributed by atoms with Crippen LogP contribution in [0.1, 0.15) is 24.1 Å². The van der Waals surface area contributed by atoms with Gasteiger partial charge < -0.3 is 15.4 Å². The van der Waals surface area contributed by atoms with Crippen LogP contribution in [0.2, 0.25) is 0 Å². The minimum Gasteiger partial charge on any atom is -0.383 e. The molecule has 2 aromatic carbocycles. The number of methoxy groups -OCH3 is 1. The van der Waals surface area contributed by atoms with Crippen molar-refractivity contribution in [1.82, 2.24) is 15.2 Å². The number of carbonyl (C=O) groups excluding carboxylic acids is 1. The summed E-state index contributed by atoms with van der Waals surface area (Å²) in [6, 6.07) is 16.7. The van der Waals surface area contributed by atoms with Gasteiger partial charge in [0.2, 0.25) is 0 Å². The van der Waals surface area contributed by atoms with Crippen molar-refractivity contribution in [3.63, 3.8) is 0 Å². The highest BCUT2D eigenvalue weighted by atomic mass is 19.2. The van der Waals surface area contributed by atoms with Crippen molar-refractivity contribution in [1.29, 1.82) is 0 Å². The summed E-state index contributed by atoms with van der Waals surface area (Å²) in [5.41, 5.74) is 3.78. The van der Waals surface area contributed by atoms with Gasteiger partial charge in [-0.25, -0.2) is 13.6 Å². The summed E-state index contributed by atoms with van der Waals surface area (Å²) in [4.78, 5) is 20.0. The zero-order valence-electron chi connectivity index (χ0n) is 19.9. The van der Waals surface area contributed by atoms with E-state index in [-0.39, 0.29) is 18.0 Å². The molecule has 0 saturated carbocycles. The molecule has 8 heteroatoms. The van der Waals surface area contributed by atoms with E-state index in [1.807, 2.05) is 49.4 Å². The second kappa shape index (κ2) is 11.4. The van der Waals surface area contributed by atoms with Crippen LogP contribution >= 0.6 is 0 Å². The van der Waals surface area contributed by atoms with Gasteiger partial charge in [-0.1, -0.05) is 43.3 Å². The van der Waals surface area contributed by atoms with E-state index in [1.165, 1.54) is 6.07 Å². The van der Waals surface area contributed by atoms with Crippen molar-refractivity contribution < 1.29 is 18.3 Å². The largest absolute Gasteiger partial charge is 0.383 e. The first-order chi connectivity index (χ1) is 17.0. The van der Waals surface area contributed by atoms with E-state index in [4.69, 9.17) is 9.72 Å². The summed E-state index contributed by atoms with van der Waals surface area (Å²) < 4.78 is 32.7. The van der Waals surface area contributed by atoms with Crippen LogP contribution in [0.4, 0.5) is 19.3 Å². The molecule has 3 aromatic rings. The smallest absolute Gasteiger partial charge is 0.319 e. The Hall–Kier alpha value is -3.36. The highest BCUT2D eigenvalue weighted by Gasteiger charge is 2.35. The predicted octanol–water partition coefficient (Wildman–Crippen LogP) is 4.83. The van der Waals surface area contributed by atoms with Crippen molar-refractivity contribution in [3.8, 4) is 11.3 Å². The molecule has 35 heavy (non-hydrogen) atoms. The molecule has 0 radical (unpaired) electrons.